The minimum atomic E-state index is -1.36. The molecule has 8 nitrogen and oxygen atoms in total. The number of ether oxygens (including phenoxy) is 2. The zero-order chi connectivity index (χ0) is 19.4. The van der Waals surface area contributed by atoms with Crippen molar-refractivity contribution < 1.29 is 33.4 Å². The number of carbonyl (C=O) groups excluding carboxylic acids is 5. The van der Waals surface area contributed by atoms with Crippen molar-refractivity contribution in [2.45, 2.75) is 24.6 Å². The lowest BCUT2D eigenvalue weighted by Gasteiger charge is -2.26. The molecule has 1 heterocycles. The van der Waals surface area contributed by atoms with E-state index in [1.54, 1.807) is 12.1 Å². The largest absolute Gasteiger partial charge is 0.468 e. The molecule has 2 atom stereocenters. The van der Waals surface area contributed by atoms with Gasteiger partial charge in [0, 0.05) is 13.3 Å². The highest BCUT2D eigenvalue weighted by Gasteiger charge is 2.45. The smallest absolute Gasteiger partial charge is 0.329 e. The van der Waals surface area contributed by atoms with Crippen LogP contribution in [-0.4, -0.2) is 59.3 Å². The summed E-state index contributed by atoms with van der Waals surface area (Å²) in [4.78, 5) is 61.6. The summed E-state index contributed by atoms with van der Waals surface area (Å²) in [6.45, 7) is 1.26. The molecule has 0 fully saturated rings. The van der Waals surface area contributed by atoms with E-state index in [4.69, 9.17) is 4.74 Å². The van der Waals surface area contributed by atoms with Crippen LogP contribution in [0.1, 0.15) is 34.1 Å². The summed E-state index contributed by atoms with van der Waals surface area (Å²) in [6.07, 6.45) is -0.297. The lowest BCUT2D eigenvalue weighted by molar-refractivity contribution is -0.146. The first-order valence-corrected chi connectivity index (χ1v) is 8.49. The van der Waals surface area contributed by atoms with Gasteiger partial charge in [-0.3, -0.25) is 24.1 Å². The minimum Gasteiger partial charge on any atom is -0.468 e. The van der Waals surface area contributed by atoms with Crippen molar-refractivity contribution in [2.24, 2.45) is 0 Å². The summed E-state index contributed by atoms with van der Waals surface area (Å²) in [5, 5.41) is -1.43. The molecule has 0 bridgehead atoms. The molecule has 0 spiro atoms. The van der Waals surface area contributed by atoms with Crippen molar-refractivity contribution in [3.05, 3.63) is 35.4 Å². The van der Waals surface area contributed by atoms with Crippen molar-refractivity contribution in [1.82, 2.24) is 4.90 Å². The first kappa shape index (κ1) is 19.6. The van der Waals surface area contributed by atoms with E-state index in [1.165, 1.54) is 19.1 Å². The quantitative estimate of drug-likeness (QED) is 0.533. The van der Waals surface area contributed by atoms with Crippen LogP contribution in [0.5, 0.6) is 0 Å². The number of imide groups is 1. The molecule has 0 aromatic heterocycles. The van der Waals surface area contributed by atoms with Crippen LogP contribution >= 0.6 is 11.8 Å². The lowest BCUT2D eigenvalue weighted by atomic mass is 10.1. The average Bonchev–Trinajstić information content (AvgIpc) is 2.88. The molecule has 9 heteroatoms. The monoisotopic (exact) mass is 379 g/mol. The molecule has 1 aromatic carbocycles. The average molecular weight is 379 g/mol. The van der Waals surface area contributed by atoms with Crippen LogP contribution in [0.25, 0.3) is 0 Å². The Morgan fingerprint density at radius 2 is 1.50 bits per heavy atom. The number of hydrogen-bond donors (Lipinski definition) is 0. The number of nitrogens with zero attached hydrogens (tertiary/aromatic N) is 1. The predicted molar refractivity (Wildman–Crippen MR) is 91.4 cm³/mol. The second-order valence-corrected chi connectivity index (χ2v) is 6.80. The first-order valence-electron chi connectivity index (χ1n) is 7.61. The van der Waals surface area contributed by atoms with Crippen molar-refractivity contribution in [2.75, 3.05) is 14.2 Å². The maximum atomic E-state index is 12.6. The Labute approximate surface area is 153 Å². The molecule has 138 valence electrons. The molecule has 2 rings (SSSR count). The number of thioether (sulfide) groups is 1. The Bertz CT molecular complexity index is 741. The fourth-order valence-corrected chi connectivity index (χ4v) is 3.53. The Morgan fingerprint density at radius 1 is 1.00 bits per heavy atom. The van der Waals surface area contributed by atoms with E-state index in [9.17, 15) is 24.0 Å². The zero-order valence-corrected chi connectivity index (χ0v) is 15.2. The van der Waals surface area contributed by atoms with Crippen LogP contribution in [0.15, 0.2) is 24.3 Å². The van der Waals surface area contributed by atoms with Crippen LogP contribution in [0, 0.1) is 0 Å². The van der Waals surface area contributed by atoms with Gasteiger partial charge in [-0.1, -0.05) is 23.9 Å². The molecule has 0 unspecified atom stereocenters. The third-order valence-corrected chi connectivity index (χ3v) is 4.82. The normalized spacial score (nSPS) is 15.3. The molecule has 26 heavy (non-hydrogen) atoms. The molecule has 0 N–H and O–H groups in total. The van der Waals surface area contributed by atoms with E-state index >= 15 is 0 Å². The summed E-state index contributed by atoms with van der Waals surface area (Å²) < 4.78 is 9.36. The molecule has 1 aliphatic rings. The van der Waals surface area contributed by atoms with Gasteiger partial charge >= 0.3 is 11.9 Å². The summed E-state index contributed by atoms with van der Waals surface area (Å²) in [5.41, 5.74) is 0.334. The van der Waals surface area contributed by atoms with Crippen molar-refractivity contribution in [1.29, 1.82) is 0 Å². The molecule has 0 saturated carbocycles. The Kier molecular flexibility index (Phi) is 6.14. The number of rotatable bonds is 6. The van der Waals surface area contributed by atoms with Crippen molar-refractivity contribution in [3.8, 4) is 0 Å². The molecule has 1 aromatic rings. The highest BCUT2D eigenvalue weighted by molar-refractivity contribution is 8.14. The van der Waals surface area contributed by atoms with Crippen LogP contribution < -0.4 is 0 Å². The lowest BCUT2D eigenvalue weighted by Crippen LogP contribution is -2.47. The number of amides is 2. The summed E-state index contributed by atoms with van der Waals surface area (Å²) in [5.74, 6) is -2.91. The summed E-state index contributed by atoms with van der Waals surface area (Å²) in [7, 11) is 2.25. The molecular formula is C17H17NO7S. The first-order chi connectivity index (χ1) is 12.3. The molecule has 0 saturated heterocycles. The maximum absolute atomic E-state index is 12.6. The van der Waals surface area contributed by atoms with Gasteiger partial charge in [-0.15, -0.1) is 0 Å². The highest BCUT2D eigenvalue weighted by atomic mass is 32.2. The Morgan fingerprint density at radius 3 is 1.92 bits per heavy atom. The van der Waals surface area contributed by atoms with Gasteiger partial charge in [0.15, 0.2) is 5.12 Å². The molecule has 2 amide bonds. The fraction of sp³-hybridized carbons (Fsp3) is 0.353. The summed E-state index contributed by atoms with van der Waals surface area (Å²) >= 11 is 0.663. The van der Waals surface area contributed by atoms with Gasteiger partial charge in [-0.2, -0.15) is 0 Å². The topological polar surface area (TPSA) is 107 Å². The van der Waals surface area contributed by atoms with Gasteiger partial charge < -0.3 is 9.47 Å². The number of methoxy groups -OCH3 is 2. The number of carbonyl (C=O) groups is 5. The second-order valence-electron chi connectivity index (χ2n) is 5.42. The van der Waals surface area contributed by atoms with Gasteiger partial charge in [0.2, 0.25) is 0 Å². The third kappa shape index (κ3) is 3.77. The van der Waals surface area contributed by atoms with Crippen LogP contribution in [0.4, 0.5) is 0 Å². The minimum absolute atomic E-state index is 0.167. The van der Waals surface area contributed by atoms with Crippen LogP contribution in [-0.2, 0) is 23.9 Å². The predicted octanol–water partition coefficient (Wildman–Crippen LogP) is 1.04. The maximum Gasteiger partial charge on any atom is 0.329 e. The standard InChI is InChI=1S/C17H17NO7S/c1-9(19)26-13(17(23)25-3)8-12(16(22)24-2)18-14(20)10-6-4-5-7-11(10)15(18)21/h4-7,12-13H,8H2,1-3H3/t12-,13+/m0/s1. The van der Waals surface area contributed by atoms with E-state index in [1.807, 2.05) is 0 Å². The zero-order valence-electron chi connectivity index (χ0n) is 14.4. The van der Waals surface area contributed by atoms with Gasteiger partial charge in [-0.05, 0) is 12.1 Å². The molecule has 1 aliphatic heterocycles. The molecule has 0 radical (unpaired) electrons. The van der Waals surface area contributed by atoms with E-state index in [0.29, 0.717) is 11.8 Å². The van der Waals surface area contributed by atoms with Gasteiger partial charge in [0.1, 0.15) is 11.3 Å². The van der Waals surface area contributed by atoms with Gasteiger partial charge in [-0.25, -0.2) is 4.79 Å². The third-order valence-electron chi connectivity index (χ3n) is 3.82. The van der Waals surface area contributed by atoms with Crippen molar-refractivity contribution >= 4 is 40.6 Å². The Balaban J connectivity index is 2.38. The fourth-order valence-electron chi connectivity index (χ4n) is 2.66. The number of fused-ring (bicyclic) bond motifs is 1. The van der Waals surface area contributed by atoms with Crippen LogP contribution in [0.3, 0.4) is 0 Å². The second kappa shape index (κ2) is 8.13. The van der Waals surface area contributed by atoms with E-state index in [-0.39, 0.29) is 22.7 Å². The number of hydrogen-bond acceptors (Lipinski definition) is 8. The molecular weight excluding hydrogens is 362 g/mol. The van der Waals surface area contributed by atoms with E-state index in [0.717, 1.165) is 19.1 Å². The van der Waals surface area contributed by atoms with Crippen LogP contribution in [0.2, 0.25) is 0 Å². The SMILES string of the molecule is COC(=O)[C@@H](C[C@@H](C(=O)OC)N1C(=O)c2ccccc2C1=O)SC(C)=O. The van der Waals surface area contributed by atoms with Gasteiger partial charge in [0.05, 0.1) is 25.3 Å². The van der Waals surface area contributed by atoms with E-state index < -0.39 is 35.0 Å². The van der Waals surface area contributed by atoms with E-state index in [2.05, 4.69) is 4.74 Å². The molecule has 0 aliphatic carbocycles. The highest BCUT2D eigenvalue weighted by Crippen LogP contribution is 2.29. The Hall–Kier alpha value is -2.68. The summed E-state index contributed by atoms with van der Waals surface area (Å²) in [6, 6.07) is 4.80. The number of benzene rings is 1. The van der Waals surface area contributed by atoms with Crippen molar-refractivity contribution in [3.63, 3.8) is 0 Å². The van der Waals surface area contributed by atoms with Gasteiger partial charge in [0.25, 0.3) is 11.8 Å². The number of esters is 2.